The Labute approximate surface area is 94.6 Å². The molecule has 1 aliphatic heterocycles. The van der Waals surface area contributed by atoms with Crippen LogP contribution in [0.5, 0.6) is 0 Å². The van der Waals surface area contributed by atoms with Gasteiger partial charge in [-0.25, -0.2) is 9.59 Å². The molecule has 17 heavy (non-hydrogen) atoms. The lowest BCUT2D eigenvalue weighted by molar-refractivity contribution is -0.222. The fraction of sp³-hybridized carbons (Fsp3) is 0.556. The summed E-state index contributed by atoms with van der Waals surface area (Å²) in [7, 11) is 0. The second-order valence-electron chi connectivity index (χ2n) is 3.73. The molecule has 0 atom stereocenters. The molecule has 1 aliphatic rings. The van der Waals surface area contributed by atoms with Crippen molar-refractivity contribution < 1.29 is 32.2 Å². The van der Waals surface area contributed by atoms with Crippen molar-refractivity contribution in [2.24, 2.45) is 0 Å². The van der Waals surface area contributed by atoms with Crippen LogP contribution in [0, 0.1) is 0 Å². The number of hydrogen-bond donors (Lipinski definition) is 1. The van der Waals surface area contributed by atoms with E-state index in [-0.39, 0.29) is 0 Å². The molecular weight excluding hydrogens is 243 g/mol. The van der Waals surface area contributed by atoms with Crippen molar-refractivity contribution in [3.63, 3.8) is 0 Å². The predicted octanol–water partition coefficient (Wildman–Crippen LogP) is 0.858. The van der Waals surface area contributed by atoms with Gasteiger partial charge in [-0.15, -0.1) is 0 Å². The van der Waals surface area contributed by atoms with Gasteiger partial charge in [-0.05, 0) is 0 Å². The zero-order valence-electron chi connectivity index (χ0n) is 9.05. The molecule has 1 rings (SSSR count). The van der Waals surface area contributed by atoms with Crippen LogP contribution in [-0.4, -0.2) is 30.4 Å². The molecule has 1 saturated heterocycles. The summed E-state index contributed by atoms with van der Waals surface area (Å²) in [6.07, 6.45) is -3.81. The summed E-state index contributed by atoms with van der Waals surface area (Å²) in [6.45, 7) is 1.31. The number of hydrogen-bond acceptors (Lipinski definition) is 5. The van der Waals surface area contributed by atoms with Crippen molar-refractivity contribution in [2.75, 3.05) is 6.54 Å². The molecule has 0 aromatic rings. The summed E-state index contributed by atoms with van der Waals surface area (Å²) < 4.78 is 44.7. The summed E-state index contributed by atoms with van der Waals surface area (Å²) in [6, 6.07) is 0. The Morgan fingerprint density at radius 2 is 1.71 bits per heavy atom. The van der Waals surface area contributed by atoms with Crippen LogP contribution in [0.15, 0.2) is 11.8 Å². The van der Waals surface area contributed by atoms with E-state index >= 15 is 0 Å². The van der Waals surface area contributed by atoms with Crippen molar-refractivity contribution in [1.82, 2.24) is 5.32 Å². The normalized spacial score (nSPS) is 19.5. The second-order valence-corrected chi connectivity index (χ2v) is 3.73. The largest absolute Gasteiger partial charge is 0.419 e. The van der Waals surface area contributed by atoms with E-state index in [1.165, 1.54) is 13.8 Å². The van der Waals surface area contributed by atoms with E-state index in [0.717, 1.165) is 0 Å². The molecule has 0 amide bonds. The number of ether oxygens (including phenoxy) is 2. The van der Waals surface area contributed by atoms with E-state index in [1.807, 2.05) is 0 Å². The zero-order valence-corrected chi connectivity index (χ0v) is 9.05. The summed E-state index contributed by atoms with van der Waals surface area (Å²) in [5.41, 5.74) is -0.603. The minimum Gasteiger partial charge on any atom is -0.419 e. The van der Waals surface area contributed by atoms with Crippen LogP contribution < -0.4 is 5.32 Å². The highest BCUT2D eigenvalue weighted by Gasteiger charge is 2.39. The average Bonchev–Trinajstić information content (AvgIpc) is 2.06. The lowest BCUT2D eigenvalue weighted by Gasteiger charge is -2.29. The van der Waals surface area contributed by atoms with Crippen LogP contribution in [0.2, 0.25) is 0 Å². The Morgan fingerprint density at radius 1 is 1.24 bits per heavy atom. The lowest BCUT2D eigenvalue weighted by Crippen LogP contribution is -2.42. The number of esters is 2. The molecular formula is C9H10F3NO4. The van der Waals surface area contributed by atoms with Crippen LogP contribution in [0.1, 0.15) is 13.8 Å². The number of carbonyl (C=O) groups is 2. The topological polar surface area (TPSA) is 64.6 Å². The number of rotatable bonds is 2. The average molecular weight is 253 g/mol. The van der Waals surface area contributed by atoms with Gasteiger partial charge in [0.1, 0.15) is 6.54 Å². The number of halogens is 3. The van der Waals surface area contributed by atoms with E-state index in [4.69, 9.17) is 0 Å². The van der Waals surface area contributed by atoms with Gasteiger partial charge >= 0.3 is 18.1 Å². The molecule has 0 radical (unpaired) electrons. The monoisotopic (exact) mass is 253 g/mol. The maximum atomic E-state index is 11.8. The first kappa shape index (κ1) is 13.3. The molecule has 1 heterocycles. The standard InChI is InChI=1S/C9H10F3NO4/c1-8(2)16-6(14)5(7(15)17-8)3-13-4-9(10,11)12/h3,13H,4H2,1-2H3. The van der Waals surface area contributed by atoms with Crippen molar-refractivity contribution >= 4 is 11.9 Å². The number of nitrogens with one attached hydrogen (secondary N) is 1. The Bertz CT molecular complexity index is 351. The van der Waals surface area contributed by atoms with Gasteiger partial charge < -0.3 is 14.8 Å². The molecule has 0 aliphatic carbocycles. The highest BCUT2D eigenvalue weighted by atomic mass is 19.4. The first-order valence-electron chi connectivity index (χ1n) is 4.58. The van der Waals surface area contributed by atoms with E-state index in [0.29, 0.717) is 6.20 Å². The Kier molecular flexibility index (Phi) is 3.35. The summed E-state index contributed by atoms with van der Waals surface area (Å²) in [5.74, 6) is -3.46. The van der Waals surface area contributed by atoms with Gasteiger partial charge in [-0.2, -0.15) is 13.2 Å². The molecule has 0 aromatic heterocycles. The van der Waals surface area contributed by atoms with Crippen molar-refractivity contribution in [1.29, 1.82) is 0 Å². The number of carbonyl (C=O) groups excluding carboxylic acids is 2. The highest BCUT2D eigenvalue weighted by Crippen LogP contribution is 2.22. The number of alkyl halides is 3. The van der Waals surface area contributed by atoms with Gasteiger partial charge in [-0.3, -0.25) is 0 Å². The molecule has 0 unspecified atom stereocenters. The minimum atomic E-state index is -4.45. The first-order chi connectivity index (χ1) is 7.61. The summed E-state index contributed by atoms with van der Waals surface area (Å²) >= 11 is 0. The maximum Gasteiger partial charge on any atom is 0.405 e. The van der Waals surface area contributed by atoms with E-state index in [2.05, 4.69) is 9.47 Å². The maximum absolute atomic E-state index is 11.8. The quantitative estimate of drug-likeness (QED) is 0.449. The zero-order chi connectivity index (χ0) is 13.3. The van der Waals surface area contributed by atoms with E-state index in [9.17, 15) is 22.8 Å². The van der Waals surface area contributed by atoms with E-state index in [1.54, 1.807) is 5.32 Å². The Hall–Kier alpha value is -1.73. The van der Waals surface area contributed by atoms with Gasteiger partial charge in [0.15, 0.2) is 5.57 Å². The molecule has 1 N–H and O–H groups in total. The third kappa shape index (κ3) is 3.97. The smallest absolute Gasteiger partial charge is 0.405 e. The Morgan fingerprint density at radius 3 is 2.12 bits per heavy atom. The Balaban J connectivity index is 2.69. The van der Waals surface area contributed by atoms with Gasteiger partial charge in [0.2, 0.25) is 0 Å². The summed E-state index contributed by atoms with van der Waals surface area (Å²) in [4.78, 5) is 22.5. The van der Waals surface area contributed by atoms with Crippen LogP contribution >= 0.6 is 0 Å². The molecule has 5 nitrogen and oxygen atoms in total. The third-order valence-corrected chi connectivity index (χ3v) is 1.67. The van der Waals surface area contributed by atoms with Crippen molar-refractivity contribution in [3.05, 3.63) is 11.8 Å². The minimum absolute atomic E-state index is 0.603. The molecule has 0 saturated carbocycles. The molecule has 1 fully saturated rings. The predicted molar refractivity (Wildman–Crippen MR) is 48.4 cm³/mol. The van der Waals surface area contributed by atoms with Crippen LogP contribution in [0.4, 0.5) is 13.2 Å². The van der Waals surface area contributed by atoms with Crippen molar-refractivity contribution in [3.8, 4) is 0 Å². The van der Waals surface area contributed by atoms with E-state index < -0.39 is 36.0 Å². The highest BCUT2D eigenvalue weighted by molar-refractivity contribution is 6.15. The van der Waals surface area contributed by atoms with Crippen LogP contribution in [-0.2, 0) is 19.1 Å². The molecule has 8 heteroatoms. The lowest BCUT2D eigenvalue weighted by atomic mass is 10.2. The van der Waals surface area contributed by atoms with Crippen LogP contribution in [0.3, 0.4) is 0 Å². The fourth-order valence-electron chi connectivity index (χ4n) is 1.05. The summed E-state index contributed by atoms with van der Waals surface area (Å²) in [5, 5.41) is 1.79. The third-order valence-electron chi connectivity index (χ3n) is 1.67. The first-order valence-corrected chi connectivity index (χ1v) is 4.58. The molecule has 96 valence electrons. The molecule has 0 aromatic carbocycles. The fourth-order valence-corrected chi connectivity index (χ4v) is 1.05. The number of cyclic esters (lactones) is 2. The second kappa shape index (κ2) is 4.27. The van der Waals surface area contributed by atoms with Gasteiger partial charge in [-0.1, -0.05) is 0 Å². The van der Waals surface area contributed by atoms with Crippen molar-refractivity contribution in [2.45, 2.75) is 25.8 Å². The molecule has 0 spiro atoms. The molecule has 0 bridgehead atoms. The van der Waals surface area contributed by atoms with Gasteiger partial charge in [0.05, 0.1) is 0 Å². The van der Waals surface area contributed by atoms with Gasteiger partial charge in [0.25, 0.3) is 5.79 Å². The van der Waals surface area contributed by atoms with Crippen LogP contribution in [0.25, 0.3) is 0 Å². The SMILES string of the molecule is CC1(C)OC(=O)C(=CNCC(F)(F)F)C(=O)O1. The van der Waals surface area contributed by atoms with Gasteiger partial charge in [0, 0.05) is 20.0 Å².